The molecular formula is C29H32F2N2O3S. The maximum atomic E-state index is 14.5. The summed E-state index contributed by atoms with van der Waals surface area (Å²) in [5, 5.41) is 0. The van der Waals surface area contributed by atoms with Crippen LogP contribution in [0.2, 0.25) is 0 Å². The molecule has 0 N–H and O–H groups in total. The van der Waals surface area contributed by atoms with Gasteiger partial charge < -0.3 is 4.90 Å². The molecule has 0 aliphatic heterocycles. The average molecular weight is 527 g/mol. The molecular weight excluding hydrogens is 494 g/mol. The number of carbonyl (C=O) groups is 1. The molecule has 0 atom stereocenters. The van der Waals surface area contributed by atoms with Crippen molar-refractivity contribution in [2.45, 2.75) is 56.6 Å². The Balaban J connectivity index is 1.47. The minimum absolute atomic E-state index is 0.0410. The average Bonchev–Trinajstić information content (AvgIpc) is 2.90. The van der Waals surface area contributed by atoms with Gasteiger partial charge in [0.05, 0.1) is 0 Å². The third kappa shape index (κ3) is 6.81. The molecule has 1 saturated carbocycles. The zero-order valence-electron chi connectivity index (χ0n) is 20.9. The van der Waals surface area contributed by atoms with Gasteiger partial charge in [0, 0.05) is 25.7 Å². The highest BCUT2D eigenvalue weighted by Crippen LogP contribution is 2.31. The highest BCUT2D eigenvalue weighted by atomic mass is 32.2. The molecule has 1 aliphatic rings. The first kappa shape index (κ1) is 26.9. The molecule has 0 aromatic heterocycles. The van der Waals surface area contributed by atoms with Gasteiger partial charge in [-0.2, -0.15) is 4.31 Å². The molecule has 196 valence electrons. The monoisotopic (exact) mass is 526 g/mol. The molecule has 4 rings (SSSR count). The quantitative estimate of drug-likeness (QED) is 0.319. The van der Waals surface area contributed by atoms with Crippen LogP contribution in [0, 0.1) is 24.5 Å². The van der Waals surface area contributed by atoms with Crippen molar-refractivity contribution in [3.8, 4) is 0 Å². The Morgan fingerprint density at radius 3 is 2.16 bits per heavy atom. The SMILES string of the molecule is Cc1ccc(CN(C=O)C2CCC(CN(Cc3ccccc3)S(=O)(=O)c3cc(F)ccc3F)CC2)cc1. The molecule has 1 aliphatic carbocycles. The van der Waals surface area contributed by atoms with Crippen molar-refractivity contribution < 1.29 is 22.0 Å². The fourth-order valence-corrected chi connectivity index (χ4v) is 6.53. The van der Waals surface area contributed by atoms with E-state index in [1.54, 1.807) is 0 Å². The number of hydrogen-bond donors (Lipinski definition) is 0. The molecule has 0 unspecified atom stereocenters. The Kier molecular flexibility index (Phi) is 8.71. The predicted octanol–water partition coefficient (Wildman–Crippen LogP) is 5.68. The highest BCUT2D eigenvalue weighted by Gasteiger charge is 2.33. The van der Waals surface area contributed by atoms with Crippen molar-refractivity contribution in [3.05, 3.63) is 101 Å². The van der Waals surface area contributed by atoms with Gasteiger partial charge in [0.2, 0.25) is 16.4 Å². The van der Waals surface area contributed by atoms with Crippen molar-refractivity contribution >= 4 is 16.4 Å². The van der Waals surface area contributed by atoms with E-state index in [9.17, 15) is 22.0 Å². The Morgan fingerprint density at radius 1 is 0.865 bits per heavy atom. The van der Waals surface area contributed by atoms with E-state index in [1.165, 1.54) is 4.31 Å². The fourth-order valence-electron chi connectivity index (χ4n) is 4.95. The summed E-state index contributed by atoms with van der Waals surface area (Å²) in [6.07, 6.45) is 3.86. The van der Waals surface area contributed by atoms with Crippen LogP contribution >= 0.6 is 0 Å². The van der Waals surface area contributed by atoms with Crippen LogP contribution in [0.3, 0.4) is 0 Å². The molecule has 0 spiro atoms. The normalized spacial score (nSPS) is 18.1. The minimum atomic E-state index is -4.28. The predicted molar refractivity (Wildman–Crippen MR) is 139 cm³/mol. The summed E-state index contributed by atoms with van der Waals surface area (Å²) in [7, 11) is -4.28. The summed E-state index contributed by atoms with van der Waals surface area (Å²) < 4.78 is 56.6. The lowest BCUT2D eigenvalue weighted by molar-refractivity contribution is -0.121. The van der Waals surface area contributed by atoms with Gasteiger partial charge in [-0.1, -0.05) is 60.2 Å². The van der Waals surface area contributed by atoms with E-state index in [1.807, 2.05) is 66.4 Å². The van der Waals surface area contributed by atoms with Gasteiger partial charge in [-0.3, -0.25) is 4.79 Å². The Hall–Kier alpha value is -3.10. The van der Waals surface area contributed by atoms with Crippen LogP contribution in [-0.2, 0) is 27.9 Å². The van der Waals surface area contributed by atoms with Gasteiger partial charge >= 0.3 is 0 Å². The summed E-state index contributed by atoms with van der Waals surface area (Å²) in [4.78, 5) is 13.0. The standard InChI is InChI=1S/C29H32F2N2O3S/c1-22-7-9-24(10-8-22)18-32(21-34)27-14-11-25(12-15-27)20-33(19-23-5-3-2-4-6-23)37(35,36)29-17-26(30)13-16-28(29)31/h2-10,13,16-17,21,25,27H,11-12,14-15,18-20H2,1H3. The summed E-state index contributed by atoms with van der Waals surface area (Å²) >= 11 is 0. The fraction of sp³-hybridized carbons (Fsp3) is 0.345. The molecule has 1 amide bonds. The second kappa shape index (κ2) is 12.0. The topological polar surface area (TPSA) is 57.7 Å². The summed E-state index contributed by atoms with van der Waals surface area (Å²) in [5.74, 6) is -1.73. The van der Waals surface area contributed by atoms with Crippen LogP contribution in [0.1, 0.15) is 42.4 Å². The van der Waals surface area contributed by atoms with Gasteiger partial charge in [-0.25, -0.2) is 17.2 Å². The summed E-state index contributed by atoms with van der Waals surface area (Å²) in [5.41, 5.74) is 2.99. The zero-order valence-corrected chi connectivity index (χ0v) is 21.7. The minimum Gasteiger partial charge on any atom is -0.338 e. The number of amides is 1. The van der Waals surface area contributed by atoms with E-state index < -0.39 is 26.6 Å². The first-order valence-electron chi connectivity index (χ1n) is 12.5. The van der Waals surface area contributed by atoms with Crippen LogP contribution in [0.5, 0.6) is 0 Å². The van der Waals surface area contributed by atoms with E-state index in [4.69, 9.17) is 0 Å². The number of benzene rings is 3. The number of aryl methyl sites for hydroxylation is 1. The molecule has 1 fully saturated rings. The molecule has 37 heavy (non-hydrogen) atoms. The second-order valence-corrected chi connectivity index (χ2v) is 11.7. The van der Waals surface area contributed by atoms with E-state index in [0.29, 0.717) is 6.54 Å². The van der Waals surface area contributed by atoms with Crippen molar-refractivity contribution in [2.75, 3.05) is 6.54 Å². The van der Waals surface area contributed by atoms with Crippen molar-refractivity contribution in [1.82, 2.24) is 9.21 Å². The number of rotatable bonds is 10. The van der Waals surface area contributed by atoms with Gasteiger partial charge in [0.1, 0.15) is 16.5 Å². The van der Waals surface area contributed by atoms with Crippen molar-refractivity contribution in [3.63, 3.8) is 0 Å². The van der Waals surface area contributed by atoms with Gasteiger partial charge in [-0.15, -0.1) is 0 Å². The maximum Gasteiger partial charge on any atom is 0.246 e. The van der Waals surface area contributed by atoms with Crippen molar-refractivity contribution in [2.24, 2.45) is 5.92 Å². The van der Waals surface area contributed by atoms with E-state index in [-0.39, 0.29) is 25.0 Å². The second-order valence-electron chi connectivity index (χ2n) is 9.80. The van der Waals surface area contributed by atoms with Gasteiger partial charge in [0.25, 0.3) is 0 Å². The zero-order chi connectivity index (χ0) is 26.4. The smallest absolute Gasteiger partial charge is 0.246 e. The third-order valence-corrected chi connectivity index (χ3v) is 8.91. The number of hydrogen-bond acceptors (Lipinski definition) is 3. The Bertz CT molecular complexity index is 1290. The first-order valence-corrected chi connectivity index (χ1v) is 14.0. The maximum absolute atomic E-state index is 14.5. The lowest BCUT2D eigenvalue weighted by Crippen LogP contribution is -2.40. The molecule has 5 nitrogen and oxygen atoms in total. The number of nitrogens with zero attached hydrogens (tertiary/aromatic N) is 2. The van der Waals surface area contributed by atoms with Crippen molar-refractivity contribution in [1.29, 1.82) is 0 Å². The molecule has 8 heteroatoms. The lowest BCUT2D eigenvalue weighted by atomic mass is 9.85. The Morgan fingerprint density at radius 2 is 1.51 bits per heavy atom. The van der Waals surface area contributed by atoms with Gasteiger partial charge in [0.15, 0.2) is 0 Å². The lowest BCUT2D eigenvalue weighted by Gasteiger charge is -2.36. The number of carbonyl (C=O) groups excluding carboxylic acids is 1. The van der Waals surface area contributed by atoms with Gasteiger partial charge in [-0.05, 0) is 67.9 Å². The number of halogens is 2. The van der Waals surface area contributed by atoms with E-state index in [2.05, 4.69) is 0 Å². The molecule has 3 aromatic rings. The molecule has 3 aromatic carbocycles. The van der Waals surface area contributed by atoms with E-state index >= 15 is 0 Å². The van der Waals surface area contributed by atoms with Crippen LogP contribution in [0.4, 0.5) is 8.78 Å². The molecule has 0 heterocycles. The summed E-state index contributed by atoms with van der Waals surface area (Å²) in [6.45, 7) is 2.81. The Labute approximate surface area is 217 Å². The third-order valence-electron chi connectivity index (χ3n) is 7.08. The molecule has 0 radical (unpaired) electrons. The van der Waals surface area contributed by atoms with Crippen LogP contribution in [-0.4, -0.2) is 36.6 Å². The van der Waals surface area contributed by atoms with E-state index in [0.717, 1.165) is 67.0 Å². The van der Waals surface area contributed by atoms with Crippen LogP contribution in [0.25, 0.3) is 0 Å². The molecule has 0 bridgehead atoms. The summed E-state index contributed by atoms with van der Waals surface area (Å²) in [6, 6.07) is 19.8. The first-order chi connectivity index (χ1) is 17.8. The van der Waals surface area contributed by atoms with Crippen LogP contribution in [0.15, 0.2) is 77.7 Å². The number of sulfonamides is 1. The largest absolute Gasteiger partial charge is 0.338 e. The highest BCUT2D eigenvalue weighted by molar-refractivity contribution is 7.89. The van der Waals surface area contributed by atoms with Crippen LogP contribution < -0.4 is 0 Å². The molecule has 0 saturated heterocycles.